The van der Waals surface area contributed by atoms with Gasteiger partial charge in [0.2, 0.25) is 0 Å². The first-order valence-corrected chi connectivity index (χ1v) is 10.4. The molecule has 9 nitrogen and oxygen atoms in total. The molecule has 3 heterocycles. The maximum Gasteiger partial charge on any atom is 0.298 e. The van der Waals surface area contributed by atoms with Crippen LogP contribution in [0.5, 0.6) is 0 Å². The number of nitrogens with two attached hydrogens (primary N) is 1. The molecule has 1 aliphatic rings. The number of rotatable bonds is 5. The summed E-state index contributed by atoms with van der Waals surface area (Å²) in [6.07, 6.45) is 3.91. The van der Waals surface area contributed by atoms with Gasteiger partial charge in [0.05, 0.1) is 11.6 Å². The van der Waals surface area contributed by atoms with E-state index in [4.69, 9.17) is 5.73 Å². The summed E-state index contributed by atoms with van der Waals surface area (Å²) in [5.41, 5.74) is 7.39. The average Bonchev–Trinajstić information content (AvgIpc) is 3.48. The van der Waals surface area contributed by atoms with Gasteiger partial charge in [-0.3, -0.25) is 19.1 Å². The number of primary amides is 1. The first-order valence-electron chi connectivity index (χ1n) is 10.4. The van der Waals surface area contributed by atoms with Gasteiger partial charge in [-0.25, -0.2) is 4.98 Å². The van der Waals surface area contributed by atoms with Crippen molar-refractivity contribution in [3.8, 4) is 23.1 Å². The highest BCUT2D eigenvalue weighted by Crippen LogP contribution is 2.27. The molecule has 1 fully saturated rings. The van der Waals surface area contributed by atoms with Crippen LogP contribution in [-0.4, -0.2) is 50.5 Å². The molecule has 4 rings (SSSR count). The number of anilines is 1. The number of hydrogen-bond donors (Lipinski definition) is 2. The molecule has 3 amide bonds. The minimum Gasteiger partial charge on any atom is -0.365 e. The van der Waals surface area contributed by atoms with Crippen LogP contribution in [-0.2, 0) is 4.79 Å². The quantitative estimate of drug-likeness (QED) is 0.586. The van der Waals surface area contributed by atoms with Crippen molar-refractivity contribution in [1.82, 2.24) is 19.7 Å². The van der Waals surface area contributed by atoms with Crippen LogP contribution in [0.3, 0.4) is 0 Å². The number of amides is 3. The Morgan fingerprint density at radius 1 is 1.15 bits per heavy atom. The Morgan fingerprint density at radius 2 is 1.94 bits per heavy atom. The van der Waals surface area contributed by atoms with E-state index in [1.165, 1.54) is 0 Å². The number of hydrogen-bond acceptors (Lipinski definition) is 5. The predicted molar refractivity (Wildman–Crippen MR) is 122 cm³/mol. The van der Waals surface area contributed by atoms with E-state index in [0.717, 1.165) is 0 Å². The van der Waals surface area contributed by atoms with Gasteiger partial charge in [0.25, 0.3) is 17.7 Å². The molecule has 1 saturated heterocycles. The Balaban J connectivity index is 1.54. The van der Waals surface area contributed by atoms with Crippen LogP contribution in [0.15, 0.2) is 54.9 Å². The molecular weight excluding hydrogens is 420 g/mol. The van der Waals surface area contributed by atoms with Gasteiger partial charge >= 0.3 is 0 Å². The standard InChI is InChI=1S/C24H22N6O3/c1-2-5-21(31)29-13-11-18(14-29)30-15-19(23(25)32)22(28-30)16-7-9-17(10-8-16)24(33)27-20-6-3-4-12-26-20/h3-4,6-10,12,15,18H,11,13-14H2,1H3,(H2,25,32)(H,26,27,33). The summed E-state index contributed by atoms with van der Waals surface area (Å²) in [6, 6.07) is 11.9. The number of likely N-dealkylation sites (tertiary alicyclic amines) is 1. The Hall–Kier alpha value is -4.45. The fourth-order valence-corrected chi connectivity index (χ4v) is 3.71. The molecule has 2 aromatic heterocycles. The second kappa shape index (κ2) is 9.36. The van der Waals surface area contributed by atoms with Gasteiger partial charge in [0, 0.05) is 36.6 Å². The molecular formula is C24H22N6O3. The summed E-state index contributed by atoms with van der Waals surface area (Å²) >= 11 is 0. The van der Waals surface area contributed by atoms with Crippen LogP contribution < -0.4 is 11.1 Å². The van der Waals surface area contributed by atoms with E-state index in [2.05, 4.69) is 27.2 Å². The number of benzene rings is 1. The van der Waals surface area contributed by atoms with Crippen LogP contribution in [0.2, 0.25) is 0 Å². The predicted octanol–water partition coefficient (Wildman–Crippen LogP) is 2.09. The van der Waals surface area contributed by atoms with E-state index < -0.39 is 5.91 Å². The van der Waals surface area contributed by atoms with Crippen LogP contribution in [0.4, 0.5) is 5.82 Å². The molecule has 1 atom stereocenters. The Morgan fingerprint density at radius 3 is 2.61 bits per heavy atom. The third-order valence-corrected chi connectivity index (χ3v) is 5.38. The van der Waals surface area contributed by atoms with Crippen LogP contribution in [0.25, 0.3) is 11.3 Å². The molecule has 0 aliphatic carbocycles. The summed E-state index contributed by atoms with van der Waals surface area (Å²) in [7, 11) is 0. The zero-order valence-corrected chi connectivity index (χ0v) is 18.0. The topological polar surface area (TPSA) is 123 Å². The molecule has 33 heavy (non-hydrogen) atoms. The molecule has 0 bridgehead atoms. The van der Waals surface area contributed by atoms with E-state index in [1.54, 1.807) is 71.4 Å². The fourth-order valence-electron chi connectivity index (χ4n) is 3.71. The third kappa shape index (κ3) is 4.75. The van der Waals surface area contributed by atoms with Crippen molar-refractivity contribution in [1.29, 1.82) is 0 Å². The van der Waals surface area contributed by atoms with E-state index in [9.17, 15) is 14.4 Å². The summed E-state index contributed by atoms with van der Waals surface area (Å²) in [5.74, 6) is 4.50. The lowest BCUT2D eigenvalue weighted by molar-refractivity contribution is -0.124. The number of carbonyl (C=O) groups is 3. The monoisotopic (exact) mass is 442 g/mol. The summed E-state index contributed by atoms with van der Waals surface area (Å²) < 4.78 is 1.68. The van der Waals surface area contributed by atoms with Crippen molar-refractivity contribution in [2.24, 2.45) is 5.73 Å². The van der Waals surface area contributed by atoms with Gasteiger partial charge in [-0.2, -0.15) is 5.10 Å². The zero-order chi connectivity index (χ0) is 23.4. The molecule has 0 saturated carbocycles. The van der Waals surface area contributed by atoms with Crippen LogP contribution >= 0.6 is 0 Å². The van der Waals surface area contributed by atoms with Crippen molar-refractivity contribution in [2.75, 3.05) is 18.4 Å². The molecule has 166 valence electrons. The largest absolute Gasteiger partial charge is 0.365 e. The highest BCUT2D eigenvalue weighted by Gasteiger charge is 2.29. The molecule has 1 unspecified atom stereocenters. The maximum absolute atomic E-state index is 12.5. The van der Waals surface area contributed by atoms with E-state index in [0.29, 0.717) is 42.1 Å². The molecule has 3 aromatic rings. The number of nitrogens with one attached hydrogen (secondary N) is 1. The van der Waals surface area contributed by atoms with Crippen molar-refractivity contribution >= 4 is 23.5 Å². The highest BCUT2D eigenvalue weighted by atomic mass is 16.2. The summed E-state index contributed by atoms with van der Waals surface area (Å²) in [6.45, 7) is 2.65. The first-order chi connectivity index (χ1) is 16.0. The van der Waals surface area contributed by atoms with Crippen molar-refractivity contribution in [3.63, 3.8) is 0 Å². The molecule has 1 aromatic carbocycles. The molecule has 0 radical (unpaired) electrons. The second-order valence-corrected chi connectivity index (χ2v) is 7.55. The molecule has 3 N–H and O–H groups in total. The van der Waals surface area contributed by atoms with E-state index >= 15 is 0 Å². The van der Waals surface area contributed by atoms with Gasteiger partial charge in [-0.15, -0.1) is 0 Å². The van der Waals surface area contributed by atoms with Crippen molar-refractivity contribution < 1.29 is 14.4 Å². The second-order valence-electron chi connectivity index (χ2n) is 7.55. The van der Waals surface area contributed by atoms with Gasteiger partial charge in [-0.05, 0) is 43.5 Å². The number of carbonyl (C=O) groups excluding carboxylic acids is 3. The van der Waals surface area contributed by atoms with Crippen molar-refractivity contribution in [3.05, 3.63) is 66.0 Å². The van der Waals surface area contributed by atoms with Gasteiger partial charge in [0.1, 0.15) is 11.5 Å². The number of nitrogens with zero attached hydrogens (tertiary/aromatic N) is 4. The third-order valence-electron chi connectivity index (χ3n) is 5.38. The maximum atomic E-state index is 12.5. The van der Waals surface area contributed by atoms with Gasteiger partial charge in [-0.1, -0.05) is 24.1 Å². The fraction of sp³-hybridized carbons (Fsp3) is 0.208. The zero-order valence-electron chi connectivity index (χ0n) is 18.0. The summed E-state index contributed by atoms with van der Waals surface area (Å²) in [4.78, 5) is 42.3. The van der Waals surface area contributed by atoms with E-state index in [-0.39, 0.29) is 23.4 Å². The lowest BCUT2D eigenvalue weighted by atomic mass is 10.1. The Bertz CT molecular complexity index is 1250. The van der Waals surface area contributed by atoms with Crippen LogP contribution in [0, 0.1) is 11.8 Å². The smallest absolute Gasteiger partial charge is 0.298 e. The normalized spacial score (nSPS) is 14.9. The number of pyridine rings is 1. The SMILES string of the molecule is CC#CC(=O)N1CCC(n2cc(C(N)=O)c(-c3ccc(C(=O)Nc4ccccn4)cc3)n2)C1. The number of aromatic nitrogens is 3. The minimum atomic E-state index is -0.601. The van der Waals surface area contributed by atoms with Gasteiger partial charge in [0.15, 0.2) is 0 Å². The minimum absolute atomic E-state index is 0.0807. The van der Waals surface area contributed by atoms with E-state index in [1.807, 2.05) is 0 Å². The van der Waals surface area contributed by atoms with Crippen LogP contribution in [0.1, 0.15) is 40.1 Å². The molecule has 1 aliphatic heterocycles. The molecule has 0 spiro atoms. The summed E-state index contributed by atoms with van der Waals surface area (Å²) in [5, 5.41) is 7.32. The first kappa shape index (κ1) is 21.8. The highest BCUT2D eigenvalue weighted by molar-refractivity contribution is 6.04. The molecule has 9 heteroatoms. The van der Waals surface area contributed by atoms with Gasteiger partial charge < -0.3 is 16.0 Å². The lowest BCUT2D eigenvalue weighted by Gasteiger charge is -2.13. The Kier molecular flexibility index (Phi) is 6.17. The Labute approximate surface area is 190 Å². The van der Waals surface area contributed by atoms with Crippen molar-refractivity contribution in [2.45, 2.75) is 19.4 Å². The lowest BCUT2D eigenvalue weighted by Crippen LogP contribution is -2.27. The average molecular weight is 442 g/mol.